The van der Waals surface area contributed by atoms with Gasteiger partial charge in [-0.15, -0.1) is 11.3 Å². The molecule has 0 spiro atoms. The summed E-state index contributed by atoms with van der Waals surface area (Å²) in [5, 5.41) is 4.31. The van der Waals surface area contributed by atoms with Crippen LogP contribution >= 0.6 is 39.0 Å². The number of carbonyl (C=O) groups is 2. The smallest absolute Gasteiger partial charge is 0.341 e. The molecule has 1 aromatic carbocycles. The molecule has 1 fully saturated rings. The van der Waals surface area contributed by atoms with Crippen molar-refractivity contribution < 1.29 is 14.3 Å². The molecule has 0 unspecified atom stereocenters. The second-order valence-corrected chi connectivity index (χ2v) is 11.5. The molecule has 1 aliphatic heterocycles. The number of aliphatic imine (C=N–C) groups is 1. The summed E-state index contributed by atoms with van der Waals surface area (Å²) in [5.74, 6) is -0.455. The van der Waals surface area contributed by atoms with Gasteiger partial charge in [0.05, 0.1) is 23.3 Å². The molecule has 1 aliphatic carbocycles. The Hall–Kier alpha value is -2.62. The van der Waals surface area contributed by atoms with Gasteiger partial charge in [-0.3, -0.25) is 4.79 Å². The maximum Gasteiger partial charge on any atom is 0.341 e. The standard InChI is InChI=1S/C26H24BrN3O3S2/c1-14-12-16(13-21-23(31)29-26(35-21)28-18-10-8-17(27)9-11-18)15(2)30(14)24-22(25(32)33-3)19-6-4-5-7-20(19)34-24/h8-13H,4-7H2,1-3H3,(H,28,29,31)/b21-13-. The van der Waals surface area contributed by atoms with Gasteiger partial charge in [0.2, 0.25) is 0 Å². The summed E-state index contributed by atoms with van der Waals surface area (Å²) < 4.78 is 8.26. The fourth-order valence-electron chi connectivity index (χ4n) is 4.52. The third-order valence-corrected chi connectivity index (χ3v) is 8.93. The SMILES string of the molecule is COC(=O)c1c(-n2c(C)cc(/C=C3\SC(=Nc4ccc(Br)cc4)NC3=O)c2C)sc2c1CCCC2. The topological polar surface area (TPSA) is 72.7 Å². The lowest BCUT2D eigenvalue weighted by atomic mass is 9.95. The van der Waals surface area contributed by atoms with Gasteiger partial charge in [-0.2, -0.15) is 0 Å². The predicted octanol–water partition coefficient (Wildman–Crippen LogP) is 6.48. The number of ether oxygens (including phenoxy) is 1. The van der Waals surface area contributed by atoms with Crippen LogP contribution in [-0.4, -0.2) is 28.7 Å². The molecule has 1 saturated heterocycles. The molecule has 3 heterocycles. The third kappa shape index (κ3) is 4.64. The van der Waals surface area contributed by atoms with Gasteiger partial charge >= 0.3 is 5.97 Å². The van der Waals surface area contributed by atoms with Gasteiger partial charge in [0.1, 0.15) is 5.00 Å². The number of nitrogens with zero attached hydrogens (tertiary/aromatic N) is 2. The van der Waals surface area contributed by atoms with E-state index in [1.54, 1.807) is 11.3 Å². The number of methoxy groups -OCH3 is 1. The second kappa shape index (κ2) is 9.79. The van der Waals surface area contributed by atoms with Crippen molar-refractivity contribution >= 4 is 67.8 Å². The van der Waals surface area contributed by atoms with Crippen LogP contribution in [0.15, 0.2) is 44.7 Å². The van der Waals surface area contributed by atoms with Crippen molar-refractivity contribution in [1.82, 2.24) is 9.88 Å². The molecular weight excluding hydrogens is 546 g/mol. The highest BCUT2D eigenvalue weighted by molar-refractivity contribution is 9.10. The fourth-order valence-corrected chi connectivity index (χ4v) is 7.11. The average molecular weight is 571 g/mol. The van der Waals surface area contributed by atoms with Crippen molar-refractivity contribution in [3.8, 4) is 5.00 Å². The van der Waals surface area contributed by atoms with E-state index in [0.29, 0.717) is 15.6 Å². The number of nitrogens with one attached hydrogen (secondary N) is 1. The summed E-state index contributed by atoms with van der Waals surface area (Å²) in [6.45, 7) is 4.05. The summed E-state index contributed by atoms with van der Waals surface area (Å²) >= 11 is 6.42. The number of aromatic nitrogens is 1. The molecule has 1 N–H and O–H groups in total. The first-order valence-electron chi connectivity index (χ1n) is 11.3. The van der Waals surface area contributed by atoms with E-state index in [4.69, 9.17) is 4.74 Å². The molecule has 35 heavy (non-hydrogen) atoms. The highest BCUT2D eigenvalue weighted by atomic mass is 79.9. The molecule has 0 radical (unpaired) electrons. The van der Waals surface area contributed by atoms with E-state index < -0.39 is 0 Å². The van der Waals surface area contributed by atoms with Gasteiger partial charge in [-0.25, -0.2) is 9.79 Å². The summed E-state index contributed by atoms with van der Waals surface area (Å²) in [4.78, 5) is 31.9. The molecule has 3 aromatic rings. The van der Waals surface area contributed by atoms with Crippen molar-refractivity contribution in [2.24, 2.45) is 4.99 Å². The minimum absolute atomic E-state index is 0.169. The molecule has 5 rings (SSSR count). The number of rotatable bonds is 4. The summed E-state index contributed by atoms with van der Waals surface area (Å²) in [5.41, 5.74) is 5.51. The van der Waals surface area contributed by atoms with Crippen molar-refractivity contribution in [2.45, 2.75) is 39.5 Å². The Morgan fingerprint density at radius 1 is 1.20 bits per heavy atom. The zero-order chi connectivity index (χ0) is 24.7. The van der Waals surface area contributed by atoms with E-state index in [2.05, 4.69) is 36.9 Å². The Morgan fingerprint density at radius 2 is 1.94 bits per heavy atom. The number of carbonyl (C=O) groups excluding carboxylic acids is 2. The molecular formula is C26H24BrN3O3S2. The maximum atomic E-state index is 12.8. The van der Waals surface area contributed by atoms with Crippen molar-refractivity contribution in [3.63, 3.8) is 0 Å². The molecule has 0 atom stereocenters. The number of thioether (sulfide) groups is 1. The number of hydrogen-bond donors (Lipinski definition) is 1. The van der Waals surface area contributed by atoms with Crippen LogP contribution in [0.2, 0.25) is 0 Å². The van der Waals surface area contributed by atoms with Crippen LogP contribution in [0.5, 0.6) is 0 Å². The number of thiophene rings is 1. The minimum Gasteiger partial charge on any atom is -0.465 e. The van der Waals surface area contributed by atoms with E-state index >= 15 is 0 Å². The molecule has 0 saturated carbocycles. The van der Waals surface area contributed by atoms with Gasteiger partial charge in [0.15, 0.2) is 5.17 Å². The molecule has 6 nitrogen and oxygen atoms in total. The molecule has 0 bridgehead atoms. The van der Waals surface area contributed by atoms with E-state index in [1.807, 2.05) is 44.2 Å². The van der Waals surface area contributed by atoms with Crippen LogP contribution in [0.4, 0.5) is 5.69 Å². The van der Waals surface area contributed by atoms with Gasteiger partial charge < -0.3 is 14.6 Å². The molecule has 180 valence electrons. The molecule has 2 aromatic heterocycles. The first-order chi connectivity index (χ1) is 16.9. The lowest BCUT2D eigenvalue weighted by Gasteiger charge is -2.12. The number of amides is 1. The Balaban J connectivity index is 1.50. The Kier molecular flexibility index (Phi) is 6.74. The predicted molar refractivity (Wildman–Crippen MR) is 146 cm³/mol. The fraction of sp³-hybridized carbons (Fsp3) is 0.269. The summed E-state index contributed by atoms with van der Waals surface area (Å²) in [6, 6.07) is 9.66. The van der Waals surface area contributed by atoms with Gasteiger partial charge in [0, 0.05) is 20.7 Å². The third-order valence-electron chi connectivity index (χ3n) is 6.21. The van der Waals surface area contributed by atoms with Crippen LogP contribution < -0.4 is 5.32 Å². The van der Waals surface area contributed by atoms with Gasteiger partial charge in [-0.1, -0.05) is 15.9 Å². The quantitative estimate of drug-likeness (QED) is 0.288. The zero-order valence-corrected chi connectivity index (χ0v) is 22.8. The van der Waals surface area contributed by atoms with E-state index in [0.717, 1.165) is 63.4 Å². The van der Waals surface area contributed by atoms with Crippen LogP contribution in [-0.2, 0) is 22.4 Å². The highest BCUT2D eigenvalue weighted by Crippen LogP contribution is 2.39. The highest BCUT2D eigenvalue weighted by Gasteiger charge is 2.29. The zero-order valence-electron chi connectivity index (χ0n) is 19.6. The van der Waals surface area contributed by atoms with E-state index in [1.165, 1.54) is 23.7 Å². The van der Waals surface area contributed by atoms with Crippen LogP contribution in [0.3, 0.4) is 0 Å². The minimum atomic E-state index is -0.286. The summed E-state index contributed by atoms with van der Waals surface area (Å²) in [7, 11) is 1.44. The Labute approximate surface area is 220 Å². The normalized spacial score (nSPS) is 17.7. The first-order valence-corrected chi connectivity index (χ1v) is 13.8. The molecule has 2 aliphatic rings. The largest absolute Gasteiger partial charge is 0.465 e. The number of benzene rings is 1. The van der Waals surface area contributed by atoms with Crippen molar-refractivity contribution in [3.05, 3.63) is 72.7 Å². The van der Waals surface area contributed by atoms with E-state index in [9.17, 15) is 9.59 Å². The monoisotopic (exact) mass is 569 g/mol. The number of fused-ring (bicyclic) bond motifs is 1. The summed E-state index contributed by atoms with van der Waals surface area (Å²) in [6.07, 6.45) is 6.03. The maximum absolute atomic E-state index is 12.8. The Bertz CT molecular complexity index is 1400. The van der Waals surface area contributed by atoms with Crippen molar-refractivity contribution in [1.29, 1.82) is 0 Å². The lowest BCUT2D eigenvalue weighted by Crippen LogP contribution is -2.19. The number of halogens is 1. The number of esters is 1. The molecule has 9 heteroatoms. The molecule has 1 amide bonds. The lowest BCUT2D eigenvalue weighted by molar-refractivity contribution is -0.115. The average Bonchev–Trinajstić information content (AvgIpc) is 3.47. The number of amidine groups is 1. The number of hydrogen-bond acceptors (Lipinski definition) is 6. The van der Waals surface area contributed by atoms with Crippen molar-refractivity contribution in [2.75, 3.05) is 7.11 Å². The van der Waals surface area contributed by atoms with Crippen LogP contribution in [0, 0.1) is 13.8 Å². The van der Waals surface area contributed by atoms with E-state index in [-0.39, 0.29) is 11.9 Å². The number of aryl methyl sites for hydroxylation is 2. The van der Waals surface area contributed by atoms with Crippen LogP contribution in [0.1, 0.15) is 50.6 Å². The van der Waals surface area contributed by atoms with Crippen LogP contribution in [0.25, 0.3) is 11.1 Å². The first kappa shape index (κ1) is 24.1. The van der Waals surface area contributed by atoms with Gasteiger partial charge in [0.25, 0.3) is 5.91 Å². The van der Waals surface area contributed by atoms with Gasteiger partial charge in [-0.05, 0) is 98.8 Å². The second-order valence-electron chi connectivity index (χ2n) is 8.50. The Morgan fingerprint density at radius 3 is 2.69 bits per heavy atom.